The third-order valence-electron chi connectivity index (χ3n) is 3.74. The number of rotatable bonds is 3. The Bertz CT molecular complexity index is 620. The SMILES string of the molecule is CS(=O)(=O)N1CCC(c2c(N)cccc2C(N)=O)CC1. The molecule has 1 fully saturated rings. The van der Waals surface area contributed by atoms with Crippen LogP contribution in [0.1, 0.15) is 34.7 Å². The van der Waals surface area contributed by atoms with E-state index in [1.54, 1.807) is 18.2 Å². The van der Waals surface area contributed by atoms with Gasteiger partial charge in [0, 0.05) is 24.3 Å². The monoisotopic (exact) mass is 297 g/mol. The maximum Gasteiger partial charge on any atom is 0.249 e. The van der Waals surface area contributed by atoms with Crippen molar-refractivity contribution in [3.8, 4) is 0 Å². The molecule has 20 heavy (non-hydrogen) atoms. The summed E-state index contributed by atoms with van der Waals surface area (Å²) < 4.78 is 24.4. The zero-order valence-electron chi connectivity index (χ0n) is 11.4. The number of piperidine rings is 1. The molecule has 0 aromatic heterocycles. The smallest absolute Gasteiger partial charge is 0.249 e. The molecule has 1 saturated heterocycles. The molecular formula is C13H19N3O3S. The lowest BCUT2D eigenvalue weighted by Gasteiger charge is -2.31. The largest absolute Gasteiger partial charge is 0.398 e. The van der Waals surface area contributed by atoms with Crippen molar-refractivity contribution in [3.05, 3.63) is 29.3 Å². The zero-order chi connectivity index (χ0) is 14.9. The fourth-order valence-corrected chi connectivity index (χ4v) is 3.60. The maximum absolute atomic E-state index is 11.5. The van der Waals surface area contributed by atoms with Crippen LogP contribution < -0.4 is 11.5 Å². The molecule has 1 aliphatic heterocycles. The van der Waals surface area contributed by atoms with Gasteiger partial charge in [0.25, 0.3) is 0 Å². The van der Waals surface area contributed by atoms with Crippen LogP contribution in [0.3, 0.4) is 0 Å². The van der Waals surface area contributed by atoms with E-state index >= 15 is 0 Å². The number of amides is 1. The van der Waals surface area contributed by atoms with Crippen LogP contribution in [0.5, 0.6) is 0 Å². The Balaban J connectivity index is 2.25. The van der Waals surface area contributed by atoms with Gasteiger partial charge in [-0.15, -0.1) is 0 Å². The zero-order valence-corrected chi connectivity index (χ0v) is 12.2. The predicted octanol–water partition coefficient (Wildman–Crippen LogP) is 0.507. The van der Waals surface area contributed by atoms with Crippen LogP contribution in [-0.2, 0) is 10.0 Å². The summed E-state index contributed by atoms with van der Waals surface area (Å²) in [7, 11) is -3.16. The lowest BCUT2D eigenvalue weighted by Crippen LogP contribution is -2.37. The summed E-state index contributed by atoms with van der Waals surface area (Å²) in [5.41, 5.74) is 13.1. The molecule has 1 aromatic rings. The molecule has 0 radical (unpaired) electrons. The Morgan fingerprint density at radius 2 is 1.90 bits per heavy atom. The van der Waals surface area contributed by atoms with E-state index in [0.29, 0.717) is 37.2 Å². The minimum Gasteiger partial charge on any atom is -0.398 e. The first kappa shape index (κ1) is 14.8. The molecule has 1 amide bonds. The van der Waals surface area contributed by atoms with Gasteiger partial charge < -0.3 is 11.5 Å². The summed E-state index contributed by atoms with van der Waals surface area (Å²) >= 11 is 0. The Kier molecular flexibility index (Phi) is 4.01. The molecule has 0 unspecified atom stereocenters. The van der Waals surface area contributed by atoms with Gasteiger partial charge in [0.05, 0.1) is 6.26 Å². The van der Waals surface area contributed by atoms with Crippen molar-refractivity contribution in [3.63, 3.8) is 0 Å². The highest BCUT2D eigenvalue weighted by Crippen LogP contribution is 2.34. The van der Waals surface area contributed by atoms with E-state index in [4.69, 9.17) is 11.5 Å². The van der Waals surface area contributed by atoms with E-state index < -0.39 is 15.9 Å². The molecule has 0 atom stereocenters. The van der Waals surface area contributed by atoms with E-state index in [1.165, 1.54) is 10.6 Å². The molecule has 6 nitrogen and oxygen atoms in total. The first-order chi connectivity index (χ1) is 9.30. The highest BCUT2D eigenvalue weighted by atomic mass is 32.2. The van der Waals surface area contributed by atoms with Crippen LogP contribution in [0.15, 0.2) is 18.2 Å². The lowest BCUT2D eigenvalue weighted by molar-refractivity contribution is 0.0998. The molecule has 7 heteroatoms. The van der Waals surface area contributed by atoms with Crippen LogP contribution in [0, 0.1) is 0 Å². The number of primary amides is 1. The summed E-state index contributed by atoms with van der Waals surface area (Å²) in [6.45, 7) is 0.881. The molecule has 110 valence electrons. The molecule has 4 N–H and O–H groups in total. The van der Waals surface area contributed by atoms with Crippen molar-refractivity contribution in [1.82, 2.24) is 4.31 Å². The Morgan fingerprint density at radius 3 is 2.40 bits per heavy atom. The third-order valence-corrected chi connectivity index (χ3v) is 5.04. The molecule has 0 spiro atoms. The number of sulfonamides is 1. The summed E-state index contributed by atoms with van der Waals surface area (Å²) in [6, 6.07) is 5.10. The van der Waals surface area contributed by atoms with Gasteiger partial charge in [-0.25, -0.2) is 12.7 Å². The van der Waals surface area contributed by atoms with Crippen molar-refractivity contribution >= 4 is 21.6 Å². The maximum atomic E-state index is 11.5. The molecule has 0 bridgehead atoms. The normalized spacial score (nSPS) is 18.1. The summed E-state index contributed by atoms with van der Waals surface area (Å²) in [4.78, 5) is 11.5. The van der Waals surface area contributed by atoms with Gasteiger partial charge in [-0.1, -0.05) is 6.07 Å². The first-order valence-corrected chi connectivity index (χ1v) is 8.29. The minimum atomic E-state index is -3.16. The summed E-state index contributed by atoms with van der Waals surface area (Å²) in [5, 5.41) is 0. The van der Waals surface area contributed by atoms with Crippen LogP contribution in [-0.4, -0.2) is 38.0 Å². The molecule has 0 saturated carbocycles. The number of anilines is 1. The van der Waals surface area contributed by atoms with Gasteiger partial charge in [0.2, 0.25) is 15.9 Å². The highest BCUT2D eigenvalue weighted by molar-refractivity contribution is 7.88. The lowest BCUT2D eigenvalue weighted by atomic mass is 9.85. The molecule has 1 aromatic carbocycles. The van der Waals surface area contributed by atoms with Crippen LogP contribution >= 0.6 is 0 Å². The van der Waals surface area contributed by atoms with E-state index in [0.717, 1.165) is 5.56 Å². The number of benzene rings is 1. The number of hydrogen-bond donors (Lipinski definition) is 2. The van der Waals surface area contributed by atoms with Crippen molar-refractivity contribution in [2.45, 2.75) is 18.8 Å². The Morgan fingerprint density at radius 1 is 1.30 bits per heavy atom. The van der Waals surface area contributed by atoms with Crippen molar-refractivity contribution < 1.29 is 13.2 Å². The average molecular weight is 297 g/mol. The molecule has 2 rings (SSSR count). The van der Waals surface area contributed by atoms with Crippen molar-refractivity contribution in [2.24, 2.45) is 5.73 Å². The number of hydrogen-bond acceptors (Lipinski definition) is 4. The van der Waals surface area contributed by atoms with Gasteiger partial charge in [0.15, 0.2) is 0 Å². The summed E-state index contributed by atoms with van der Waals surface area (Å²) in [6.07, 6.45) is 2.49. The van der Waals surface area contributed by atoms with Gasteiger partial charge in [0.1, 0.15) is 0 Å². The van der Waals surface area contributed by atoms with E-state index in [9.17, 15) is 13.2 Å². The topological polar surface area (TPSA) is 106 Å². The summed E-state index contributed by atoms with van der Waals surface area (Å²) in [5.74, 6) is -0.436. The number of nitrogen functional groups attached to an aromatic ring is 1. The van der Waals surface area contributed by atoms with Crippen LogP contribution in [0.2, 0.25) is 0 Å². The molecule has 1 aliphatic rings. The number of carbonyl (C=O) groups is 1. The molecule has 0 aliphatic carbocycles. The van der Waals surface area contributed by atoms with Gasteiger partial charge in [-0.2, -0.15) is 0 Å². The second-order valence-electron chi connectivity index (χ2n) is 5.11. The third kappa shape index (κ3) is 2.94. The second kappa shape index (κ2) is 5.41. The van der Waals surface area contributed by atoms with Crippen LogP contribution in [0.4, 0.5) is 5.69 Å². The average Bonchev–Trinajstić information content (AvgIpc) is 2.37. The quantitative estimate of drug-likeness (QED) is 0.792. The van der Waals surface area contributed by atoms with E-state index in [2.05, 4.69) is 0 Å². The molecule has 1 heterocycles. The molecular weight excluding hydrogens is 278 g/mol. The fraction of sp³-hybridized carbons (Fsp3) is 0.462. The highest BCUT2D eigenvalue weighted by Gasteiger charge is 2.28. The Hall–Kier alpha value is -1.60. The minimum absolute atomic E-state index is 0.0664. The number of carbonyl (C=O) groups excluding carboxylic acids is 1. The standard InChI is InChI=1S/C13H19N3O3S/c1-20(18,19)16-7-5-9(6-8-16)12-10(13(15)17)3-2-4-11(12)14/h2-4,9H,5-8,14H2,1H3,(H2,15,17). The Labute approximate surface area is 118 Å². The first-order valence-electron chi connectivity index (χ1n) is 6.44. The van der Waals surface area contributed by atoms with Crippen molar-refractivity contribution in [1.29, 1.82) is 0 Å². The van der Waals surface area contributed by atoms with E-state index in [-0.39, 0.29) is 5.92 Å². The second-order valence-corrected chi connectivity index (χ2v) is 7.09. The van der Waals surface area contributed by atoms with E-state index in [1.807, 2.05) is 0 Å². The van der Waals surface area contributed by atoms with Gasteiger partial charge in [-0.05, 0) is 36.5 Å². The van der Waals surface area contributed by atoms with Crippen molar-refractivity contribution in [2.75, 3.05) is 25.1 Å². The van der Waals surface area contributed by atoms with Crippen LogP contribution in [0.25, 0.3) is 0 Å². The fourth-order valence-electron chi connectivity index (χ4n) is 2.73. The van der Waals surface area contributed by atoms with Gasteiger partial charge >= 0.3 is 0 Å². The predicted molar refractivity (Wildman–Crippen MR) is 77.8 cm³/mol. The number of nitrogens with two attached hydrogens (primary N) is 2. The number of nitrogens with zero attached hydrogens (tertiary/aromatic N) is 1. The van der Waals surface area contributed by atoms with Gasteiger partial charge in [-0.3, -0.25) is 4.79 Å².